The summed E-state index contributed by atoms with van der Waals surface area (Å²) >= 11 is 0. The fourth-order valence-electron chi connectivity index (χ4n) is 3.00. The Hall–Kier alpha value is -0.720. The van der Waals surface area contributed by atoms with Gasteiger partial charge < -0.3 is 9.42 Å². The molecule has 1 rings (SSSR count). The molecule has 2 unspecified atom stereocenters. The van der Waals surface area contributed by atoms with Crippen LogP contribution in [0.5, 0.6) is 0 Å². The summed E-state index contributed by atoms with van der Waals surface area (Å²) in [5, 5.41) is 9.29. The van der Waals surface area contributed by atoms with E-state index in [1.807, 2.05) is 32.4 Å². The molecule has 136 valence electrons. The summed E-state index contributed by atoms with van der Waals surface area (Å²) < 4.78 is 7.59. The maximum absolute atomic E-state index is 10.3. The second-order valence-corrected chi connectivity index (χ2v) is 8.22. The highest BCUT2D eigenvalue weighted by atomic mass is 31.2. The van der Waals surface area contributed by atoms with Crippen LogP contribution in [0.25, 0.3) is 0 Å². The number of hydrogen-bond acceptors (Lipinski definition) is 4. The van der Waals surface area contributed by atoms with E-state index in [-0.39, 0.29) is 18.0 Å². The van der Waals surface area contributed by atoms with Gasteiger partial charge in [0.25, 0.3) is 8.53 Å². The molecule has 24 heavy (non-hydrogen) atoms. The molecule has 0 heterocycles. The number of unbranched alkanes of at least 4 members (excludes halogenated alkanes) is 2. The number of allylic oxidation sites excluding steroid dienone is 4. The monoisotopic (exact) mass is 352 g/mol. The number of rotatable bonds is 12. The Labute approximate surface area is 149 Å². The van der Waals surface area contributed by atoms with E-state index in [0.29, 0.717) is 6.61 Å². The third-order valence-electron chi connectivity index (χ3n) is 4.23. The molecule has 0 fully saturated rings. The van der Waals surface area contributed by atoms with Gasteiger partial charge in [0.05, 0.1) is 18.6 Å². The molecule has 0 radical (unpaired) electrons. The SMILES string of the molecule is CC(C)N(C(C)C)P(O)OCC(C#N)CCCCCC1=CC=CC1. The van der Waals surface area contributed by atoms with Crippen LogP contribution in [0.1, 0.15) is 66.2 Å². The largest absolute Gasteiger partial charge is 0.338 e. The second kappa shape index (κ2) is 11.8. The first-order valence-electron chi connectivity index (χ1n) is 9.10. The third-order valence-corrected chi connectivity index (χ3v) is 5.93. The van der Waals surface area contributed by atoms with E-state index in [2.05, 4.69) is 24.3 Å². The predicted octanol–water partition coefficient (Wildman–Crippen LogP) is 5.32. The van der Waals surface area contributed by atoms with Crippen LogP contribution in [0.15, 0.2) is 23.8 Å². The number of hydrogen-bond donors (Lipinski definition) is 1. The van der Waals surface area contributed by atoms with Gasteiger partial charge in [-0.1, -0.05) is 36.6 Å². The Balaban J connectivity index is 2.20. The normalized spacial score (nSPS) is 16.7. The zero-order valence-corrected chi connectivity index (χ0v) is 16.5. The lowest BCUT2D eigenvalue weighted by molar-refractivity contribution is 0.196. The number of nitriles is 1. The van der Waals surface area contributed by atoms with Crippen molar-refractivity contribution in [3.63, 3.8) is 0 Å². The first-order valence-corrected chi connectivity index (χ1v) is 10.3. The minimum absolute atomic E-state index is 0.129. The quantitative estimate of drug-likeness (QED) is 0.381. The lowest BCUT2D eigenvalue weighted by Gasteiger charge is -2.33. The van der Waals surface area contributed by atoms with Crippen LogP contribution in [0.3, 0.4) is 0 Å². The summed E-state index contributed by atoms with van der Waals surface area (Å²) in [6.07, 6.45) is 13.0. The van der Waals surface area contributed by atoms with Gasteiger partial charge in [0, 0.05) is 12.1 Å². The lowest BCUT2D eigenvalue weighted by Crippen LogP contribution is -2.33. The van der Waals surface area contributed by atoms with Crippen LogP contribution in [0, 0.1) is 17.2 Å². The summed E-state index contributed by atoms with van der Waals surface area (Å²) in [6, 6.07) is 2.77. The van der Waals surface area contributed by atoms with Crippen molar-refractivity contribution in [2.45, 2.75) is 78.3 Å². The highest BCUT2D eigenvalue weighted by molar-refractivity contribution is 7.43. The van der Waals surface area contributed by atoms with Crippen molar-refractivity contribution in [1.82, 2.24) is 4.67 Å². The maximum Gasteiger partial charge on any atom is 0.256 e. The Bertz CT molecular complexity index is 447. The molecule has 0 aromatic heterocycles. The van der Waals surface area contributed by atoms with Crippen molar-refractivity contribution in [3.05, 3.63) is 23.8 Å². The molecule has 0 amide bonds. The van der Waals surface area contributed by atoms with Crippen LogP contribution in [-0.4, -0.2) is 28.3 Å². The fraction of sp³-hybridized carbons (Fsp3) is 0.737. The first kappa shape index (κ1) is 21.3. The molecule has 0 saturated carbocycles. The minimum Gasteiger partial charge on any atom is -0.338 e. The molecule has 2 atom stereocenters. The highest BCUT2D eigenvalue weighted by Gasteiger charge is 2.24. The molecule has 4 nitrogen and oxygen atoms in total. The Kier molecular flexibility index (Phi) is 10.5. The standard InChI is InChI=1S/C19H33N2O2P/c1-16(2)21(17(3)4)24(22)23-15-19(14-20)13-7-5-6-10-18-11-8-9-12-18/h8-9,11,16-17,19,22H,5-7,10,12-13,15H2,1-4H3. The average molecular weight is 352 g/mol. The molecule has 5 heteroatoms. The molecule has 0 aromatic carbocycles. The van der Waals surface area contributed by atoms with E-state index in [1.165, 1.54) is 18.4 Å². The van der Waals surface area contributed by atoms with Gasteiger partial charge in [-0.3, -0.25) is 0 Å². The van der Waals surface area contributed by atoms with E-state index in [0.717, 1.165) is 25.7 Å². The minimum atomic E-state index is -1.62. The third kappa shape index (κ3) is 7.90. The van der Waals surface area contributed by atoms with Crippen molar-refractivity contribution in [1.29, 1.82) is 5.26 Å². The van der Waals surface area contributed by atoms with Crippen molar-refractivity contribution in [3.8, 4) is 6.07 Å². The van der Waals surface area contributed by atoms with Crippen molar-refractivity contribution >= 4 is 8.53 Å². The van der Waals surface area contributed by atoms with Crippen molar-refractivity contribution < 1.29 is 9.42 Å². The Morgan fingerprint density at radius 1 is 1.25 bits per heavy atom. The van der Waals surface area contributed by atoms with Crippen LogP contribution in [0.4, 0.5) is 0 Å². The topological polar surface area (TPSA) is 56.5 Å². The highest BCUT2D eigenvalue weighted by Crippen LogP contribution is 2.40. The average Bonchev–Trinajstić information content (AvgIpc) is 3.02. The van der Waals surface area contributed by atoms with E-state index in [4.69, 9.17) is 4.52 Å². The van der Waals surface area contributed by atoms with Crippen molar-refractivity contribution in [2.75, 3.05) is 6.61 Å². The molecule has 1 N–H and O–H groups in total. The summed E-state index contributed by atoms with van der Waals surface area (Å²) in [5.74, 6) is -0.129. The fourth-order valence-corrected chi connectivity index (χ4v) is 4.23. The van der Waals surface area contributed by atoms with E-state index in [1.54, 1.807) is 0 Å². The Morgan fingerprint density at radius 2 is 1.96 bits per heavy atom. The van der Waals surface area contributed by atoms with Crippen LogP contribution in [0.2, 0.25) is 0 Å². The van der Waals surface area contributed by atoms with Gasteiger partial charge in [-0.15, -0.1) is 0 Å². The van der Waals surface area contributed by atoms with Gasteiger partial charge in [-0.25, -0.2) is 4.67 Å². The molecule has 1 aliphatic carbocycles. The zero-order valence-electron chi connectivity index (χ0n) is 15.6. The zero-order chi connectivity index (χ0) is 17.9. The molecule has 1 aliphatic rings. The Morgan fingerprint density at radius 3 is 2.50 bits per heavy atom. The van der Waals surface area contributed by atoms with Gasteiger partial charge in [-0.2, -0.15) is 5.26 Å². The molecule has 0 aromatic rings. The van der Waals surface area contributed by atoms with Gasteiger partial charge >= 0.3 is 0 Å². The van der Waals surface area contributed by atoms with Gasteiger partial charge in [0.2, 0.25) is 0 Å². The van der Waals surface area contributed by atoms with E-state index >= 15 is 0 Å². The smallest absolute Gasteiger partial charge is 0.256 e. The summed E-state index contributed by atoms with van der Waals surface area (Å²) in [5.41, 5.74) is 1.52. The molecule has 0 saturated heterocycles. The van der Waals surface area contributed by atoms with Gasteiger partial charge in [0.15, 0.2) is 0 Å². The van der Waals surface area contributed by atoms with Crippen LogP contribution < -0.4 is 0 Å². The number of nitrogens with zero attached hydrogens (tertiary/aromatic N) is 2. The molecule has 0 bridgehead atoms. The summed E-state index contributed by atoms with van der Waals surface area (Å²) in [6.45, 7) is 8.51. The molecule has 0 aliphatic heterocycles. The second-order valence-electron chi connectivity index (χ2n) is 7.00. The van der Waals surface area contributed by atoms with Crippen LogP contribution >= 0.6 is 8.53 Å². The van der Waals surface area contributed by atoms with Gasteiger partial charge in [0.1, 0.15) is 0 Å². The van der Waals surface area contributed by atoms with E-state index < -0.39 is 8.53 Å². The maximum atomic E-state index is 10.3. The van der Waals surface area contributed by atoms with Crippen molar-refractivity contribution in [2.24, 2.45) is 5.92 Å². The first-order chi connectivity index (χ1) is 11.5. The molecular formula is C19H33N2O2P. The summed E-state index contributed by atoms with van der Waals surface area (Å²) in [4.78, 5) is 10.3. The van der Waals surface area contributed by atoms with E-state index in [9.17, 15) is 10.2 Å². The molecule has 0 spiro atoms. The van der Waals surface area contributed by atoms with Gasteiger partial charge in [-0.05, 0) is 53.4 Å². The molecular weight excluding hydrogens is 319 g/mol. The lowest BCUT2D eigenvalue weighted by atomic mass is 10.0. The van der Waals surface area contributed by atoms with Crippen LogP contribution in [-0.2, 0) is 4.52 Å². The predicted molar refractivity (Wildman–Crippen MR) is 101 cm³/mol. The summed E-state index contributed by atoms with van der Waals surface area (Å²) in [7, 11) is -1.62.